The highest BCUT2D eigenvalue weighted by Crippen LogP contribution is 2.40. The van der Waals surface area contributed by atoms with E-state index >= 15 is 0 Å². The van der Waals surface area contributed by atoms with Gasteiger partial charge in [0.25, 0.3) is 5.91 Å². The largest absolute Gasteiger partial charge is 0.493 e. The van der Waals surface area contributed by atoms with Gasteiger partial charge in [-0.3, -0.25) is 19.5 Å². The van der Waals surface area contributed by atoms with Crippen molar-refractivity contribution >= 4 is 23.2 Å². The summed E-state index contributed by atoms with van der Waals surface area (Å²) in [5.74, 6) is 0.523. The van der Waals surface area contributed by atoms with Crippen LogP contribution in [0.1, 0.15) is 12.0 Å². The first kappa shape index (κ1) is 25.2. The molecule has 0 spiro atoms. The highest BCUT2D eigenvalue weighted by atomic mass is 19.1. The number of halogens is 1. The Balaban J connectivity index is 1.42. The van der Waals surface area contributed by atoms with Gasteiger partial charge in [-0.25, -0.2) is 4.39 Å². The van der Waals surface area contributed by atoms with E-state index in [1.807, 2.05) is 12.1 Å². The summed E-state index contributed by atoms with van der Waals surface area (Å²) in [5.41, 5.74) is 7.28. The van der Waals surface area contributed by atoms with Gasteiger partial charge in [-0.15, -0.1) is 0 Å². The van der Waals surface area contributed by atoms with Crippen LogP contribution in [0.4, 0.5) is 10.1 Å². The molecule has 2 N–H and O–H groups in total. The van der Waals surface area contributed by atoms with E-state index in [1.165, 1.54) is 29.3 Å². The van der Waals surface area contributed by atoms with Crippen molar-refractivity contribution in [2.75, 3.05) is 52.5 Å². The summed E-state index contributed by atoms with van der Waals surface area (Å²) in [6.45, 7) is 2.93. The zero-order chi connectivity index (χ0) is 25.8. The van der Waals surface area contributed by atoms with E-state index in [9.17, 15) is 14.0 Å². The maximum absolute atomic E-state index is 13.3. The number of carbonyl (C=O) groups is 2. The Morgan fingerprint density at radius 2 is 1.64 bits per heavy atom. The molecule has 36 heavy (non-hydrogen) atoms. The molecule has 2 aliphatic rings. The van der Waals surface area contributed by atoms with Crippen LogP contribution in [-0.4, -0.2) is 80.9 Å². The van der Waals surface area contributed by atoms with Crippen LogP contribution in [0.2, 0.25) is 0 Å². The van der Waals surface area contributed by atoms with Crippen molar-refractivity contribution in [2.24, 2.45) is 10.8 Å². The first-order valence-electron chi connectivity index (χ1n) is 11.6. The third-order valence-electron chi connectivity index (χ3n) is 6.42. The lowest BCUT2D eigenvalue weighted by atomic mass is 10.1. The van der Waals surface area contributed by atoms with Crippen LogP contribution in [0, 0.1) is 5.82 Å². The average molecular weight is 500 g/mol. The number of carbonyl (C=O) groups excluding carboxylic acids is 2. The van der Waals surface area contributed by atoms with E-state index < -0.39 is 17.8 Å². The quantitative estimate of drug-likeness (QED) is 0.588. The highest BCUT2D eigenvalue weighted by Gasteiger charge is 2.37. The van der Waals surface area contributed by atoms with Gasteiger partial charge in [-0.05, 0) is 30.3 Å². The van der Waals surface area contributed by atoms with Crippen molar-refractivity contribution < 1.29 is 28.2 Å². The van der Waals surface area contributed by atoms with Gasteiger partial charge < -0.3 is 24.8 Å². The summed E-state index contributed by atoms with van der Waals surface area (Å²) < 4.78 is 29.7. The fraction of sp³-hybridized carbons (Fsp3) is 0.400. The van der Waals surface area contributed by atoms with Gasteiger partial charge in [0.15, 0.2) is 11.5 Å². The molecule has 1 fully saturated rings. The van der Waals surface area contributed by atoms with Gasteiger partial charge in [-0.1, -0.05) is 6.07 Å². The number of hydrogen-bond acceptors (Lipinski definition) is 8. The number of anilines is 1. The molecule has 0 aromatic heterocycles. The summed E-state index contributed by atoms with van der Waals surface area (Å²) in [4.78, 5) is 29.2. The van der Waals surface area contributed by atoms with Crippen LogP contribution in [0.3, 0.4) is 0 Å². The van der Waals surface area contributed by atoms with E-state index in [-0.39, 0.29) is 18.0 Å². The Morgan fingerprint density at radius 1 is 0.972 bits per heavy atom. The molecule has 1 saturated heterocycles. The Morgan fingerprint density at radius 3 is 2.22 bits per heavy atom. The third-order valence-corrected chi connectivity index (χ3v) is 6.42. The molecule has 0 aliphatic carbocycles. The first-order valence-corrected chi connectivity index (χ1v) is 11.6. The van der Waals surface area contributed by atoms with Crippen LogP contribution in [0.15, 0.2) is 41.5 Å². The number of hydrogen-bond donors (Lipinski definition) is 1. The van der Waals surface area contributed by atoms with Crippen LogP contribution in [0.5, 0.6) is 17.2 Å². The fourth-order valence-electron chi connectivity index (χ4n) is 4.51. The maximum Gasteiger partial charge on any atom is 0.270 e. The molecule has 2 amide bonds. The minimum absolute atomic E-state index is 0.106. The van der Waals surface area contributed by atoms with E-state index in [4.69, 9.17) is 19.9 Å². The zero-order valence-corrected chi connectivity index (χ0v) is 20.6. The number of methoxy groups -OCH3 is 3. The minimum atomic E-state index is -0.798. The lowest BCUT2D eigenvalue weighted by Gasteiger charge is -2.35. The molecule has 0 saturated carbocycles. The maximum atomic E-state index is 13.3. The Bertz CT molecular complexity index is 1150. The second kappa shape index (κ2) is 10.8. The average Bonchev–Trinajstić information content (AvgIpc) is 3.34. The van der Waals surface area contributed by atoms with Crippen molar-refractivity contribution in [3.63, 3.8) is 0 Å². The van der Waals surface area contributed by atoms with Gasteiger partial charge in [-0.2, -0.15) is 5.10 Å². The number of nitrogens with two attached hydrogens (primary N) is 1. The molecule has 2 aliphatic heterocycles. The van der Waals surface area contributed by atoms with E-state index in [1.54, 1.807) is 26.2 Å². The van der Waals surface area contributed by atoms with Gasteiger partial charge in [0.1, 0.15) is 17.6 Å². The molecule has 2 aromatic rings. The molecule has 192 valence electrons. The van der Waals surface area contributed by atoms with Crippen molar-refractivity contribution in [1.29, 1.82) is 0 Å². The van der Waals surface area contributed by atoms with Crippen LogP contribution in [0.25, 0.3) is 0 Å². The van der Waals surface area contributed by atoms with Crippen LogP contribution >= 0.6 is 0 Å². The summed E-state index contributed by atoms with van der Waals surface area (Å²) in [7, 11) is 4.74. The summed E-state index contributed by atoms with van der Waals surface area (Å²) in [5, 5.41) is 5.79. The van der Waals surface area contributed by atoms with Gasteiger partial charge in [0, 0.05) is 44.7 Å². The van der Waals surface area contributed by atoms with Crippen molar-refractivity contribution in [1.82, 2.24) is 9.80 Å². The number of ether oxygens (including phenoxy) is 3. The molecule has 2 heterocycles. The molecular formula is C25H30FN5O5. The number of rotatable bonds is 8. The van der Waals surface area contributed by atoms with Crippen molar-refractivity contribution in [3.05, 3.63) is 47.8 Å². The summed E-state index contributed by atoms with van der Waals surface area (Å²) in [6, 6.07) is 8.54. The number of nitrogens with zero attached hydrogens (tertiary/aromatic N) is 4. The minimum Gasteiger partial charge on any atom is -0.493 e. The van der Waals surface area contributed by atoms with Crippen molar-refractivity contribution in [2.45, 2.75) is 19.0 Å². The predicted molar refractivity (Wildman–Crippen MR) is 132 cm³/mol. The number of primary amides is 1. The van der Waals surface area contributed by atoms with Crippen LogP contribution in [-0.2, 0) is 16.1 Å². The van der Waals surface area contributed by atoms with E-state index in [0.717, 1.165) is 5.56 Å². The Labute approximate surface area is 209 Å². The smallest absolute Gasteiger partial charge is 0.270 e. The number of hydrazone groups is 1. The van der Waals surface area contributed by atoms with Gasteiger partial charge >= 0.3 is 0 Å². The van der Waals surface area contributed by atoms with Crippen molar-refractivity contribution in [3.8, 4) is 17.2 Å². The van der Waals surface area contributed by atoms with Gasteiger partial charge in [0.05, 0.1) is 27.0 Å². The zero-order valence-electron chi connectivity index (χ0n) is 20.6. The molecule has 11 heteroatoms. The molecule has 4 rings (SSSR count). The molecule has 1 unspecified atom stereocenters. The predicted octanol–water partition coefficient (Wildman–Crippen LogP) is 1.62. The lowest BCUT2D eigenvalue weighted by molar-refractivity contribution is -0.125. The lowest BCUT2D eigenvalue weighted by Crippen LogP contribution is -2.50. The second-order valence-corrected chi connectivity index (χ2v) is 8.55. The molecule has 10 nitrogen and oxygen atoms in total. The molecule has 2 aromatic carbocycles. The van der Waals surface area contributed by atoms with E-state index in [0.29, 0.717) is 55.7 Å². The van der Waals surface area contributed by atoms with Crippen LogP contribution < -0.4 is 25.0 Å². The normalized spacial score (nSPS) is 18.1. The molecule has 1 atom stereocenters. The Hall–Kier alpha value is -3.86. The molecular weight excluding hydrogens is 469 g/mol. The Kier molecular flexibility index (Phi) is 7.58. The number of amides is 2. The first-order chi connectivity index (χ1) is 17.4. The molecule has 0 radical (unpaired) electrons. The number of piperazine rings is 1. The second-order valence-electron chi connectivity index (χ2n) is 8.55. The monoisotopic (exact) mass is 499 g/mol. The molecule has 0 bridgehead atoms. The van der Waals surface area contributed by atoms with Gasteiger partial charge in [0.2, 0.25) is 11.7 Å². The highest BCUT2D eigenvalue weighted by molar-refractivity contribution is 6.40. The summed E-state index contributed by atoms with van der Waals surface area (Å²) in [6.07, 6.45) is 0.106. The summed E-state index contributed by atoms with van der Waals surface area (Å²) >= 11 is 0. The number of benzene rings is 2. The topological polar surface area (TPSA) is 110 Å². The van der Waals surface area contributed by atoms with E-state index in [2.05, 4.69) is 10.0 Å². The SMILES string of the molecule is COc1ccc(CN2CCN(C(=O)C3=NN(c4ccc(F)cc4)C(C(N)=O)C3)CC2)c(OC)c1OC. The fourth-order valence-corrected chi connectivity index (χ4v) is 4.51. The third kappa shape index (κ3) is 5.06. The standard InChI is InChI=1S/C25H30FN5O5/c1-34-21-9-4-16(22(35-2)23(21)36-3)15-29-10-12-30(13-11-29)25(33)19-14-20(24(27)32)31(28-19)18-7-5-17(26)6-8-18/h4-9,20H,10-15H2,1-3H3,(H2,27,32).